The van der Waals surface area contributed by atoms with Crippen LogP contribution in [-0.2, 0) is 6.54 Å². The van der Waals surface area contributed by atoms with Crippen molar-refractivity contribution in [2.45, 2.75) is 6.54 Å². The molecule has 2 rings (SSSR count). The quantitative estimate of drug-likeness (QED) is 0.868. The van der Waals surface area contributed by atoms with Gasteiger partial charge in [0.15, 0.2) is 11.4 Å². The molecule has 2 aromatic heterocycles. The lowest BCUT2D eigenvalue weighted by Crippen LogP contribution is -2.21. The standard InChI is InChI=1S/C13H12N2O4/c16-11-5-1-2-7-15(11)8-9-19-10-4-3-6-14-12(10)13(17)18/h1-7H,8-9H2,(H,17,18). The summed E-state index contributed by atoms with van der Waals surface area (Å²) in [4.78, 5) is 26.1. The largest absolute Gasteiger partial charge is 0.489 e. The van der Waals surface area contributed by atoms with Gasteiger partial charge in [-0.3, -0.25) is 4.79 Å². The molecule has 0 amide bonds. The molecule has 0 saturated carbocycles. The maximum Gasteiger partial charge on any atom is 0.358 e. The Morgan fingerprint density at radius 2 is 2.16 bits per heavy atom. The van der Waals surface area contributed by atoms with Crippen molar-refractivity contribution in [3.8, 4) is 5.75 Å². The smallest absolute Gasteiger partial charge is 0.358 e. The molecular weight excluding hydrogens is 248 g/mol. The number of carbonyl (C=O) groups is 1. The normalized spacial score (nSPS) is 10.1. The minimum atomic E-state index is -1.15. The number of aromatic nitrogens is 2. The molecule has 2 heterocycles. The number of hydrogen-bond donors (Lipinski definition) is 1. The highest BCUT2D eigenvalue weighted by Gasteiger charge is 2.11. The Morgan fingerprint density at radius 1 is 1.32 bits per heavy atom. The summed E-state index contributed by atoms with van der Waals surface area (Å²) in [7, 11) is 0. The highest BCUT2D eigenvalue weighted by molar-refractivity contribution is 5.88. The lowest BCUT2D eigenvalue weighted by Gasteiger charge is -2.09. The maximum atomic E-state index is 11.4. The lowest BCUT2D eigenvalue weighted by atomic mass is 10.3. The van der Waals surface area contributed by atoms with Gasteiger partial charge in [-0.15, -0.1) is 0 Å². The first-order valence-electron chi connectivity index (χ1n) is 5.65. The van der Waals surface area contributed by atoms with Crippen molar-refractivity contribution in [3.05, 3.63) is 58.8 Å². The minimum Gasteiger partial charge on any atom is -0.489 e. The summed E-state index contributed by atoms with van der Waals surface area (Å²) in [6, 6.07) is 7.98. The summed E-state index contributed by atoms with van der Waals surface area (Å²) in [6.07, 6.45) is 3.03. The number of carboxylic acid groups (broad SMARTS) is 1. The van der Waals surface area contributed by atoms with Gasteiger partial charge in [0.2, 0.25) is 0 Å². The van der Waals surface area contributed by atoms with Gasteiger partial charge in [0, 0.05) is 18.5 Å². The fourth-order valence-electron chi connectivity index (χ4n) is 1.57. The molecule has 0 fully saturated rings. The van der Waals surface area contributed by atoms with Crippen molar-refractivity contribution in [2.24, 2.45) is 0 Å². The van der Waals surface area contributed by atoms with Gasteiger partial charge in [-0.2, -0.15) is 0 Å². The highest BCUT2D eigenvalue weighted by atomic mass is 16.5. The third-order valence-corrected chi connectivity index (χ3v) is 2.46. The number of hydrogen-bond acceptors (Lipinski definition) is 4. The molecule has 0 bridgehead atoms. The van der Waals surface area contributed by atoms with E-state index in [0.29, 0.717) is 6.54 Å². The topological polar surface area (TPSA) is 81.4 Å². The third kappa shape index (κ3) is 3.19. The first kappa shape index (κ1) is 12.8. The van der Waals surface area contributed by atoms with Crippen LogP contribution in [0.2, 0.25) is 0 Å². The molecule has 6 nitrogen and oxygen atoms in total. The molecule has 0 aliphatic carbocycles. The van der Waals surface area contributed by atoms with E-state index in [4.69, 9.17) is 9.84 Å². The molecule has 0 aromatic carbocycles. The second-order valence-electron chi connectivity index (χ2n) is 3.74. The van der Waals surface area contributed by atoms with E-state index in [1.54, 1.807) is 24.4 Å². The molecule has 0 aliphatic rings. The zero-order chi connectivity index (χ0) is 13.7. The van der Waals surface area contributed by atoms with Gasteiger partial charge in [-0.25, -0.2) is 9.78 Å². The summed E-state index contributed by atoms with van der Waals surface area (Å²) in [5.74, 6) is -0.952. The lowest BCUT2D eigenvalue weighted by molar-refractivity contribution is 0.0685. The number of ether oxygens (including phenoxy) is 1. The van der Waals surface area contributed by atoms with Crippen molar-refractivity contribution >= 4 is 5.97 Å². The molecule has 0 radical (unpaired) electrons. The highest BCUT2D eigenvalue weighted by Crippen LogP contribution is 2.14. The molecule has 2 aromatic rings. The molecule has 0 aliphatic heterocycles. The Labute approximate surface area is 108 Å². The van der Waals surface area contributed by atoms with Crippen LogP contribution in [0.3, 0.4) is 0 Å². The predicted octanol–water partition coefficient (Wildman–Crippen LogP) is 1.02. The fraction of sp³-hybridized carbons (Fsp3) is 0.154. The molecular formula is C13H12N2O4. The van der Waals surface area contributed by atoms with Crippen molar-refractivity contribution in [3.63, 3.8) is 0 Å². The van der Waals surface area contributed by atoms with Crippen LogP contribution in [0.1, 0.15) is 10.5 Å². The monoisotopic (exact) mass is 260 g/mol. The molecule has 0 spiro atoms. The van der Waals surface area contributed by atoms with E-state index in [1.807, 2.05) is 0 Å². The van der Waals surface area contributed by atoms with Crippen molar-refractivity contribution in [1.29, 1.82) is 0 Å². The molecule has 0 unspecified atom stereocenters. The van der Waals surface area contributed by atoms with Crippen LogP contribution < -0.4 is 10.3 Å². The Morgan fingerprint density at radius 3 is 2.89 bits per heavy atom. The van der Waals surface area contributed by atoms with Crippen LogP contribution >= 0.6 is 0 Å². The van der Waals surface area contributed by atoms with Crippen LogP contribution in [-0.4, -0.2) is 27.2 Å². The molecule has 6 heteroatoms. The number of rotatable bonds is 5. The van der Waals surface area contributed by atoms with Gasteiger partial charge in [0.1, 0.15) is 6.61 Å². The van der Waals surface area contributed by atoms with Crippen molar-refractivity contribution in [1.82, 2.24) is 9.55 Å². The average molecular weight is 260 g/mol. The van der Waals surface area contributed by atoms with Crippen LogP contribution in [0.4, 0.5) is 0 Å². The van der Waals surface area contributed by atoms with Gasteiger partial charge < -0.3 is 14.4 Å². The van der Waals surface area contributed by atoms with Crippen LogP contribution in [0.15, 0.2) is 47.5 Å². The fourth-order valence-corrected chi connectivity index (χ4v) is 1.57. The van der Waals surface area contributed by atoms with Crippen LogP contribution in [0.25, 0.3) is 0 Å². The third-order valence-electron chi connectivity index (χ3n) is 2.46. The Kier molecular flexibility index (Phi) is 3.92. The van der Waals surface area contributed by atoms with E-state index < -0.39 is 5.97 Å². The average Bonchev–Trinajstić information content (AvgIpc) is 2.41. The number of carboxylic acids is 1. The van der Waals surface area contributed by atoms with E-state index >= 15 is 0 Å². The van der Waals surface area contributed by atoms with E-state index in [9.17, 15) is 9.59 Å². The molecule has 19 heavy (non-hydrogen) atoms. The number of pyridine rings is 2. The zero-order valence-corrected chi connectivity index (χ0v) is 10.0. The van der Waals surface area contributed by atoms with Crippen LogP contribution in [0, 0.1) is 0 Å². The van der Waals surface area contributed by atoms with Crippen molar-refractivity contribution < 1.29 is 14.6 Å². The van der Waals surface area contributed by atoms with E-state index in [0.717, 1.165) is 0 Å². The number of nitrogens with zero attached hydrogens (tertiary/aromatic N) is 2. The van der Waals surface area contributed by atoms with E-state index in [2.05, 4.69) is 4.98 Å². The number of aromatic carboxylic acids is 1. The zero-order valence-electron chi connectivity index (χ0n) is 10.0. The Bertz CT molecular complexity index is 636. The van der Waals surface area contributed by atoms with E-state index in [-0.39, 0.29) is 23.6 Å². The first-order valence-corrected chi connectivity index (χ1v) is 5.65. The molecule has 1 N–H and O–H groups in total. The second-order valence-corrected chi connectivity index (χ2v) is 3.74. The summed E-state index contributed by atoms with van der Waals surface area (Å²) >= 11 is 0. The van der Waals surface area contributed by atoms with Gasteiger partial charge in [-0.05, 0) is 18.2 Å². The summed E-state index contributed by atoms with van der Waals surface area (Å²) < 4.78 is 6.84. The summed E-state index contributed by atoms with van der Waals surface area (Å²) in [5.41, 5.74) is -0.265. The van der Waals surface area contributed by atoms with Gasteiger partial charge in [0.25, 0.3) is 5.56 Å². The van der Waals surface area contributed by atoms with Crippen molar-refractivity contribution in [2.75, 3.05) is 6.61 Å². The summed E-state index contributed by atoms with van der Waals surface area (Å²) in [5, 5.41) is 8.93. The molecule has 98 valence electrons. The first-order chi connectivity index (χ1) is 9.18. The van der Waals surface area contributed by atoms with E-state index in [1.165, 1.54) is 22.9 Å². The summed E-state index contributed by atoms with van der Waals surface area (Å²) in [6.45, 7) is 0.531. The molecule has 0 atom stereocenters. The Hall–Kier alpha value is -2.63. The predicted molar refractivity (Wildman–Crippen MR) is 67.4 cm³/mol. The second kappa shape index (κ2) is 5.81. The maximum absolute atomic E-state index is 11.4. The van der Waals surface area contributed by atoms with Gasteiger partial charge in [-0.1, -0.05) is 6.07 Å². The van der Waals surface area contributed by atoms with Gasteiger partial charge in [0.05, 0.1) is 6.54 Å². The minimum absolute atomic E-state index is 0.129. The van der Waals surface area contributed by atoms with Crippen LogP contribution in [0.5, 0.6) is 5.75 Å². The van der Waals surface area contributed by atoms with Gasteiger partial charge >= 0.3 is 5.97 Å². The SMILES string of the molecule is O=C(O)c1ncccc1OCCn1ccccc1=O. The molecule has 0 saturated heterocycles. The Balaban J connectivity index is 2.02.